The molecule has 0 aliphatic carbocycles. The number of hydrogen-bond acceptors (Lipinski definition) is 2. The maximum absolute atomic E-state index is 12.0. The number of halogens is 1. The first-order valence-corrected chi connectivity index (χ1v) is 7.94. The number of benzene rings is 2. The summed E-state index contributed by atoms with van der Waals surface area (Å²) in [6, 6.07) is 13.1. The molecule has 2 amide bonds. The van der Waals surface area contributed by atoms with E-state index in [1.54, 1.807) is 12.1 Å². The van der Waals surface area contributed by atoms with E-state index >= 15 is 0 Å². The Kier molecular flexibility index (Phi) is 5.54. The first kappa shape index (κ1) is 16.5. The Morgan fingerprint density at radius 2 is 1.68 bits per heavy atom. The molecule has 2 aromatic rings. The smallest absolute Gasteiger partial charge is 0.252 e. The van der Waals surface area contributed by atoms with Crippen LogP contribution in [0, 0.1) is 17.4 Å². The zero-order valence-electron chi connectivity index (χ0n) is 12.4. The predicted molar refractivity (Wildman–Crippen MR) is 96.0 cm³/mol. The van der Waals surface area contributed by atoms with Gasteiger partial charge in [0.25, 0.3) is 5.91 Å². The monoisotopic (exact) mass is 408 g/mol. The molecule has 0 unspecified atom stereocenters. The number of rotatable bonds is 4. The average molecular weight is 408 g/mol. The van der Waals surface area contributed by atoms with E-state index in [9.17, 15) is 9.59 Å². The molecule has 0 spiro atoms. The molecule has 4 nitrogen and oxygen atoms in total. The molecule has 0 aliphatic rings. The van der Waals surface area contributed by atoms with Crippen LogP contribution in [-0.2, 0) is 4.79 Å². The van der Waals surface area contributed by atoms with Gasteiger partial charge in [-0.2, -0.15) is 0 Å². The minimum Gasteiger partial charge on any atom is -0.343 e. The first-order chi connectivity index (χ1) is 10.5. The van der Waals surface area contributed by atoms with E-state index in [0.717, 1.165) is 20.4 Å². The standard InChI is InChI=1S/C17H17IN2O2/c1-11-7-12(2)9-13(8-11)20-16(21)10-19-17(22)14-5-3-4-6-15(14)18/h3-9H,10H2,1-2H3,(H,19,22)(H,20,21). The lowest BCUT2D eigenvalue weighted by atomic mass is 10.1. The Bertz CT molecular complexity index is 693. The second kappa shape index (κ2) is 7.40. The van der Waals surface area contributed by atoms with E-state index in [4.69, 9.17) is 0 Å². The van der Waals surface area contributed by atoms with Gasteiger partial charge >= 0.3 is 0 Å². The van der Waals surface area contributed by atoms with Crippen LogP contribution in [0.2, 0.25) is 0 Å². The number of carbonyl (C=O) groups excluding carboxylic acids is 2. The molecule has 22 heavy (non-hydrogen) atoms. The van der Waals surface area contributed by atoms with Gasteiger partial charge in [0.2, 0.25) is 5.91 Å². The van der Waals surface area contributed by atoms with Gasteiger partial charge in [0.1, 0.15) is 0 Å². The quantitative estimate of drug-likeness (QED) is 0.764. The molecule has 2 aromatic carbocycles. The van der Waals surface area contributed by atoms with Gasteiger partial charge in [-0.15, -0.1) is 0 Å². The maximum Gasteiger partial charge on any atom is 0.252 e. The topological polar surface area (TPSA) is 58.2 Å². The molecule has 5 heteroatoms. The third-order valence-corrected chi connectivity index (χ3v) is 3.97. The minimum atomic E-state index is -0.249. The fourth-order valence-electron chi connectivity index (χ4n) is 2.15. The molecule has 0 radical (unpaired) electrons. The van der Waals surface area contributed by atoms with Gasteiger partial charge < -0.3 is 10.6 Å². The van der Waals surface area contributed by atoms with Gasteiger partial charge in [-0.05, 0) is 71.8 Å². The fraction of sp³-hybridized carbons (Fsp3) is 0.176. The lowest BCUT2D eigenvalue weighted by Gasteiger charge is -2.09. The Labute approximate surface area is 143 Å². The van der Waals surface area contributed by atoms with Crippen molar-refractivity contribution in [2.24, 2.45) is 0 Å². The molecule has 2 N–H and O–H groups in total. The number of carbonyl (C=O) groups is 2. The van der Waals surface area contributed by atoms with Crippen LogP contribution in [0.3, 0.4) is 0 Å². The number of nitrogens with one attached hydrogen (secondary N) is 2. The summed E-state index contributed by atoms with van der Waals surface area (Å²) in [4.78, 5) is 24.0. The molecule has 2 rings (SSSR count). The highest BCUT2D eigenvalue weighted by Crippen LogP contribution is 2.13. The van der Waals surface area contributed by atoms with Crippen LogP contribution in [0.25, 0.3) is 0 Å². The third kappa shape index (κ3) is 4.56. The van der Waals surface area contributed by atoms with Crippen LogP contribution >= 0.6 is 22.6 Å². The molecule has 0 saturated carbocycles. The Balaban J connectivity index is 1.93. The summed E-state index contributed by atoms with van der Waals surface area (Å²) >= 11 is 2.10. The summed E-state index contributed by atoms with van der Waals surface area (Å²) in [5.74, 6) is -0.495. The molecule has 0 aromatic heterocycles. The normalized spacial score (nSPS) is 10.1. The SMILES string of the molecule is Cc1cc(C)cc(NC(=O)CNC(=O)c2ccccc2I)c1. The first-order valence-electron chi connectivity index (χ1n) is 6.86. The van der Waals surface area contributed by atoms with Gasteiger partial charge in [0.05, 0.1) is 12.1 Å². The summed E-state index contributed by atoms with van der Waals surface area (Å²) < 4.78 is 0.854. The zero-order valence-corrected chi connectivity index (χ0v) is 14.6. The van der Waals surface area contributed by atoms with Gasteiger partial charge in [0.15, 0.2) is 0 Å². The number of anilines is 1. The highest BCUT2D eigenvalue weighted by atomic mass is 127. The van der Waals surface area contributed by atoms with E-state index in [-0.39, 0.29) is 18.4 Å². The van der Waals surface area contributed by atoms with E-state index in [2.05, 4.69) is 33.2 Å². The van der Waals surface area contributed by atoms with Crippen LogP contribution < -0.4 is 10.6 Å². The number of hydrogen-bond donors (Lipinski definition) is 2. The highest BCUT2D eigenvalue weighted by Gasteiger charge is 2.10. The summed E-state index contributed by atoms with van der Waals surface area (Å²) in [5.41, 5.74) is 3.48. The van der Waals surface area contributed by atoms with Crippen molar-refractivity contribution in [2.75, 3.05) is 11.9 Å². The molecule has 0 heterocycles. The Hall–Kier alpha value is -1.89. The van der Waals surface area contributed by atoms with Crippen molar-refractivity contribution in [3.63, 3.8) is 0 Å². The fourth-order valence-corrected chi connectivity index (χ4v) is 2.79. The molecule has 0 aliphatic heterocycles. The van der Waals surface area contributed by atoms with Crippen molar-refractivity contribution in [1.29, 1.82) is 0 Å². The zero-order chi connectivity index (χ0) is 16.1. The van der Waals surface area contributed by atoms with Crippen molar-refractivity contribution < 1.29 is 9.59 Å². The van der Waals surface area contributed by atoms with Gasteiger partial charge in [0, 0.05) is 9.26 Å². The molecule has 0 saturated heterocycles. The third-order valence-electron chi connectivity index (χ3n) is 3.03. The Morgan fingerprint density at radius 3 is 2.32 bits per heavy atom. The minimum absolute atomic E-state index is 0.0587. The molecule has 0 atom stereocenters. The van der Waals surface area contributed by atoms with Crippen LogP contribution in [0.15, 0.2) is 42.5 Å². The number of amides is 2. The molecular formula is C17H17IN2O2. The summed E-state index contributed by atoms with van der Waals surface area (Å²) in [6.07, 6.45) is 0. The Morgan fingerprint density at radius 1 is 1.05 bits per heavy atom. The van der Waals surface area contributed by atoms with E-state index < -0.39 is 0 Å². The van der Waals surface area contributed by atoms with Crippen LogP contribution in [0.1, 0.15) is 21.5 Å². The summed E-state index contributed by atoms with van der Waals surface area (Å²) in [5, 5.41) is 5.42. The van der Waals surface area contributed by atoms with Crippen LogP contribution in [-0.4, -0.2) is 18.4 Å². The predicted octanol–water partition coefficient (Wildman–Crippen LogP) is 3.28. The van der Waals surface area contributed by atoms with E-state index in [1.165, 1.54) is 0 Å². The lowest BCUT2D eigenvalue weighted by molar-refractivity contribution is -0.115. The van der Waals surface area contributed by atoms with Crippen molar-refractivity contribution in [3.05, 3.63) is 62.7 Å². The molecule has 0 fully saturated rings. The summed E-state index contributed by atoms with van der Waals surface area (Å²) in [7, 11) is 0. The van der Waals surface area contributed by atoms with E-state index in [1.807, 2.05) is 44.2 Å². The van der Waals surface area contributed by atoms with Crippen molar-refractivity contribution in [2.45, 2.75) is 13.8 Å². The highest BCUT2D eigenvalue weighted by molar-refractivity contribution is 14.1. The van der Waals surface area contributed by atoms with Crippen molar-refractivity contribution in [1.82, 2.24) is 5.32 Å². The van der Waals surface area contributed by atoms with Crippen LogP contribution in [0.4, 0.5) is 5.69 Å². The molecule has 0 bridgehead atoms. The van der Waals surface area contributed by atoms with Gasteiger partial charge in [-0.25, -0.2) is 0 Å². The average Bonchev–Trinajstić information content (AvgIpc) is 2.44. The second-order valence-corrected chi connectivity index (χ2v) is 6.25. The van der Waals surface area contributed by atoms with Gasteiger partial charge in [-0.3, -0.25) is 9.59 Å². The van der Waals surface area contributed by atoms with E-state index in [0.29, 0.717) is 5.56 Å². The lowest BCUT2D eigenvalue weighted by Crippen LogP contribution is -2.33. The molecular weight excluding hydrogens is 391 g/mol. The summed E-state index contributed by atoms with van der Waals surface area (Å²) in [6.45, 7) is 3.89. The number of aryl methyl sites for hydroxylation is 2. The van der Waals surface area contributed by atoms with Gasteiger partial charge in [-0.1, -0.05) is 18.2 Å². The largest absolute Gasteiger partial charge is 0.343 e. The second-order valence-electron chi connectivity index (χ2n) is 5.09. The van der Waals surface area contributed by atoms with Crippen molar-refractivity contribution >= 4 is 40.1 Å². The molecule has 114 valence electrons. The van der Waals surface area contributed by atoms with Crippen LogP contribution in [0.5, 0.6) is 0 Å². The maximum atomic E-state index is 12.0. The van der Waals surface area contributed by atoms with Crippen molar-refractivity contribution in [3.8, 4) is 0 Å².